The first-order valence-electron chi connectivity index (χ1n) is 5.76. The lowest BCUT2D eigenvalue weighted by atomic mass is 10.1. The zero-order valence-corrected chi connectivity index (χ0v) is 11.1. The van der Waals surface area contributed by atoms with Crippen LogP contribution in [0.25, 0.3) is 0 Å². The van der Waals surface area contributed by atoms with Gasteiger partial charge in [-0.15, -0.1) is 0 Å². The standard InChI is InChI=1S/C12H13ClN2O5/c13-8-4-5-14-6-7(8)11(18)15-9(12(19)20)2-1-3-10(16)17/h4-6,9H,1-3H2,(H,15,18)(H,16,17)(H,19,20)/t9-/m1/s1. The van der Waals surface area contributed by atoms with E-state index in [9.17, 15) is 14.4 Å². The van der Waals surface area contributed by atoms with E-state index in [2.05, 4.69) is 10.3 Å². The quantitative estimate of drug-likeness (QED) is 0.696. The van der Waals surface area contributed by atoms with E-state index >= 15 is 0 Å². The summed E-state index contributed by atoms with van der Waals surface area (Å²) in [4.78, 5) is 37.0. The second-order valence-electron chi connectivity index (χ2n) is 4.01. The Morgan fingerprint density at radius 2 is 2.05 bits per heavy atom. The number of hydrogen-bond acceptors (Lipinski definition) is 4. The van der Waals surface area contributed by atoms with Gasteiger partial charge in [-0.25, -0.2) is 4.79 Å². The van der Waals surface area contributed by atoms with E-state index in [-0.39, 0.29) is 29.8 Å². The van der Waals surface area contributed by atoms with Crippen molar-refractivity contribution in [3.8, 4) is 0 Å². The molecule has 0 aliphatic heterocycles. The summed E-state index contributed by atoms with van der Waals surface area (Å²) in [5, 5.41) is 19.9. The fourth-order valence-electron chi connectivity index (χ4n) is 1.50. The van der Waals surface area contributed by atoms with E-state index in [0.717, 1.165) is 0 Å². The van der Waals surface area contributed by atoms with Gasteiger partial charge in [0.15, 0.2) is 0 Å². The van der Waals surface area contributed by atoms with Gasteiger partial charge >= 0.3 is 11.9 Å². The SMILES string of the molecule is O=C(O)CCC[C@@H](NC(=O)c1cnccc1Cl)C(=O)O. The molecule has 0 bridgehead atoms. The Hall–Kier alpha value is -2.15. The zero-order chi connectivity index (χ0) is 15.1. The molecule has 1 amide bonds. The predicted molar refractivity (Wildman–Crippen MR) is 69.6 cm³/mol. The number of rotatable bonds is 7. The second kappa shape index (κ2) is 7.44. The van der Waals surface area contributed by atoms with Gasteiger partial charge in [0.25, 0.3) is 5.91 Å². The monoisotopic (exact) mass is 300 g/mol. The molecular weight excluding hydrogens is 288 g/mol. The lowest BCUT2D eigenvalue weighted by Gasteiger charge is -2.14. The van der Waals surface area contributed by atoms with Crippen molar-refractivity contribution in [2.24, 2.45) is 0 Å². The number of pyridine rings is 1. The number of hydrogen-bond donors (Lipinski definition) is 3. The van der Waals surface area contributed by atoms with Crippen molar-refractivity contribution in [1.29, 1.82) is 0 Å². The highest BCUT2D eigenvalue weighted by Crippen LogP contribution is 2.14. The summed E-state index contributed by atoms with van der Waals surface area (Å²) < 4.78 is 0. The Balaban J connectivity index is 2.66. The van der Waals surface area contributed by atoms with Crippen molar-refractivity contribution in [3.05, 3.63) is 29.0 Å². The number of nitrogens with one attached hydrogen (secondary N) is 1. The maximum Gasteiger partial charge on any atom is 0.326 e. The van der Waals surface area contributed by atoms with E-state index in [0.29, 0.717) is 0 Å². The molecule has 1 aromatic heterocycles. The van der Waals surface area contributed by atoms with Crippen LogP contribution in [-0.4, -0.2) is 39.1 Å². The molecule has 1 atom stereocenters. The third-order valence-electron chi connectivity index (χ3n) is 2.50. The summed E-state index contributed by atoms with van der Waals surface area (Å²) in [6, 6.07) is 0.245. The average Bonchev–Trinajstić information content (AvgIpc) is 2.37. The molecule has 1 rings (SSSR count). The summed E-state index contributed by atoms with van der Waals surface area (Å²) in [5.74, 6) is -2.91. The number of carboxylic acid groups (broad SMARTS) is 2. The van der Waals surface area contributed by atoms with Gasteiger partial charge in [0.05, 0.1) is 10.6 Å². The van der Waals surface area contributed by atoms with Crippen molar-refractivity contribution in [2.75, 3.05) is 0 Å². The van der Waals surface area contributed by atoms with Gasteiger partial charge in [0, 0.05) is 18.8 Å². The highest BCUT2D eigenvalue weighted by atomic mass is 35.5. The molecule has 0 fully saturated rings. The summed E-state index contributed by atoms with van der Waals surface area (Å²) in [5.41, 5.74) is 0.0682. The van der Waals surface area contributed by atoms with Gasteiger partial charge in [-0.05, 0) is 18.9 Å². The molecule has 20 heavy (non-hydrogen) atoms. The van der Waals surface area contributed by atoms with Crippen molar-refractivity contribution >= 4 is 29.4 Å². The van der Waals surface area contributed by atoms with Gasteiger partial charge in [0.2, 0.25) is 0 Å². The molecule has 0 saturated carbocycles. The Kier molecular flexibility index (Phi) is 5.92. The number of nitrogens with zero attached hydrogens (tertiary/aromatic N) is 1. The normalized spacial score (nSPS) is 11.7. The third-order valence-corrected chi connectivity index (χ3v) is 2.83. The van der Waals surface area contributed by atoms with E-state index in [1.165, 1.54) is 18.5 Å². The first-order valence-corrected chi connectivity index (χ1v) is 6.14. The van der Waals surface area contributed by atoms with Crippen LogP contribution in [0.2, 0.25) is 5.02 Å². The number of carboxylic acids is 2. The Labute approximate surface area is 119 Å². The molecule has 3 N–H and O–H groups in total. The molecule has 0 aliphatic carbocycles. The zero-order valence-electron chi connectivity index (χ0n) is 10.4. The van der Waals surface area contributed by atoms with Gasteiger partial charge in [-0.3, -0.25) is 14.6 Å². The first-order chi connectivity index (χ1) is 9.41. The molecule has 1 aromatic rings. The molecule has 0 saturated heterocycles. The molecule has 0 radical (unpaired) electrons. The van der Waals surface area contributed by atoms with Crippen molar-refractivity contribution in [2.45, 2.75) is 25.3 Å². The van der Waals surface area contributed by atoms with Crippen molar-refractivity contribution < 1.29 is 24.6 Å². The first kappa shape index (κ1) is 15.9. The molecule has 8 heteroatoms. The number of carbonyl (C=O) groups is 3. The molecular formula is C12H13ClN2O5. The van der Waals surface area contributed by atoms with Crippen LogP contribution in [0.1, 0.15) is 29.6 Å². The highest BCUT2D eigenvalue weighted by molar-refractivity contribution is 6.33. The van der Waals surface area contributed by atoms with Crippen LogP contribution in [0.4, 0.5) is 0 Å². The lowest BCUT2D eigenvalue weighted by Crippen LogP contribution is -2.41. The summed E-state index contributed by atoms with van der Waals surface area (Å²) >= 11 is 5.80. The smallest absolute Gasteiger partial charge is 0.326 e. The molecule has 7 nitrogen and oxygen atoms in total. The summed E-state index contributed by atoms with van der Waals surface area (Å²) in [6.45, 7) is 0. The van der Waals surface area contributed by atoms with Gasteiger partial charge in [-0.1, -0.05) is 11.6 Å². The van der Waals surface area contributed by atoms with E-state index < -0.39 is 23.9 Å². The van der Waals surface area contributed by atoms with Crippen molar-refractivity contribution in [3.63, 3.8) is 0 Å². The topological polar surface area (TPSA) is 117 Å². The van der Waals surface area contributed by atoms with Crippen LogP contribution in [0.3, 0.4) is 0 Å². The molecule has 0 spiro atoms. The van der Waals surface area contributed by atoms with Crippen LogP contribution in [0.5, 0.6) is 0 Å². The molecule has 108 valence electrons. The molecule has 1 heterocycles. The number of carbonyl (C=O) groups excluding carboxylic acids is 1. The maximum absolute atomic E-state index is 11.9. The van der Waals surface area contributed by atoms with Crippen LogP contribution >= 0.6 is 11.6 Å². The molecule has 0 aromatic carbocycles. The minimum Gasteiger partial charge on any atom is -0.481 e. The number of amides is 1. The summed E-state index contributed by atoms with van der Waals surface area (Å²) in [6.07, 6.45) is 2.64. The van der Waals surface area contributed by atoms with Crippen LogP contribution in [0.15, 0.2) is 18.5 Å². The summed E-state index contributed by atoms with van der Waals surface area (Å²) in [7, 11) is 0. The van der Waals surface area contributed by atoms with Crippen LogP contribution < -0.4 is 5.32 Å². The van der Waals surface area contributed by atoms with Gasteiger partial charge in [0.1, 0.15) is 6.04 Å². The fourth-order valence-corrected chi connectivity index (χ4v) is 1.69. The maximum atomic E-state index is 11.9. The van der Waals surface area contributed by atoms with Crippen LogP contribution in [-0.2, 0) is 9.59 Å². The predicted octanol–water partition coefficient (Wildman–Crippen LogP) is 1.17. The minimum atomic E-state index is -1.23. The Morgan fingerprint density at radius 3 is 2.60 bits per heavy atom. The number of aromatic nitrogens is 1. The fraction of sp³-hybridized carbons (Fsp3) is 0.333. The average molecular weight is 301 g/mol. The number of aliphatic carboxylic acids is 2. The van der Waals surface area contributed by atoms with Gasteiger partial charge in [-0.2, -0.15) is 0 Å². The van der Waals surface area contributed by atoms with E-state index in [1.54, 1.807) is 0 Å². The minimum absolute atomic E-state index is 0.0191. The molecule has 0 aliphatic rings. The van der Waals surface area contributed by atoms with E-state index in [4.69, 9.17) is 21.8 Å². The largest absolute Gasteiger partial charge is 0.481 e. The Morgan fingerprint density at radius 1 is 1.35 bits per heavy atom. The lowest BCUT2D eigenvalue weighted by molar-refractivity contribution is -0.140. The second-order valence-corrected chi connectivity index (χ2v) is 4.41. The van der Waals surface area contributed by atoms with Crippen molar-refractivity contribution in [1.82, 2.24) is 10.3 Å². The Bertz CT molecular complexity index is 520. The van der Waals surface area contributed by atoms with E-state index in [1.807, 2.05) is 0 Å². The van der Waals surface area contributed by atoms with Gasteiger partial charge < -0.3 is 15.5 Å². The number of halogens is 1. The molecule has 0 unspecified atom stereocenters. The van der Waals surface area contributed by atoms with Crippen LogP contribution in [0, 0.1) is 0 Å². The third kappa shape index (κ3) is 4.85. The highest BCUT2D eigenvalue weighted by Gasteiger charge is 2.21.